The number of benzene rings is 4. The SMILES string of the molecule is OC(Cn1ccc(-c2ccc(Cl)cc2)n1)C1Cc2cccc3c2C(O1)c1c(ccc2ccccc12)C3. The summed E-state index contributed by atoms with van der Waals surface area (Å²) in [6.45, 7) is 0.363. The van der Waals surface area contributed by atoms with Crippen molar-refractivity contribution in [2.45, 2.75) is 37.7 Å². The zero-order valence-electron chi connectivity index (χ0n) is 19.6. The van der Waals surface area contributed by atoms with Gasteiger partial charge in [0.05, 0.1) is 18.3 Å². The van der Waals surface area contributed by atoms with Gasteiger partial charge in [-0.15, -0.1) is 0 Å². The number of aliphatic hydroxyl groups excluding tert-OH is 1. The monoisotopic (exact) mass is 492 g/mol. The third-order valence-corrected chi connectivity index (χ3v) is 7.82. The van der Waals surface area contributed by atoms with Crippen LogP contribution in [0.15, 0.2) is 91.1 Å². The van der Waals surface area contributed by atoms with Crippen LogP contribution in [-0.2, 0) is 24.1 Å². The molecule has 3 unspecified atom stereocenters. The molecular formula is C31H25ClN2O2. The number of hydrogen-bond acceptors (Lipinski definition) is 3. The topological polar surface area (TPSA) is 47.3 Å². The van der Waals surface area contributed by atoms with Crippen LogP contribution in [0, 0.1) is 0 Å². The fourth-order valence-corrected chi connectivity index (χ4v) is 5.96. The van der Waals surface area contributed by atoms with Gasteiger partial charge in [0.15, 0.2) is 0 Å². The molecule has 7 rings (SSSR count). The summed E-state index contributed by atoms with van der Waals surface area (Å²) in [6.07, 6.45) is 2.31. The van der Waals surface area contributed by atoms with Crippen molar-refractivity contribution in [1.29, 1.82) is 0 Å². The third kappa shape index (κ3) is 3.65. The smallest absolute Gasteiger partial charge is 0.109 e. The fraction of sp³-hybridized carbons (Fsp3) is 0.194. The molecule has 0 saturated carbocycles. The first kappa shape index (κ1) is 21.8. The van der Waals surface area contributed by atoms with E-state index in [9.17, 15) is 5.11 Å². The lowest BCUT2D eigenvalue weighted by Gasteiger charge is -2.39. The molecule has 5 heteroatoms. The summed E-state index contributed by atoms with van der Waals surface area (Å²) in [5.74, 6) is 0. The lowest BCUT2D eigenvalue weighted by atomic mass is 9.77. The number of aliphatic hydroxyl groups is 1. The highest BCUT2D eigenvalue weighted by molar-refractivity contribution is 6.30. The lowest BCUT2D eigenvalue weighted by Crippen LogP contribution is -2.40. The van der Waals surface area contributed by atoms with Gasteiger partial charge in [0, 0.05) is 23.2 Å². The Labute approximate surface area is 214 Å². The zero-order chi connectivity index (χ0) is 24.2. The van der Waals surface area contributed by atoms with Crippen molar-refractivity contribution in [3.05, 3.63) is 124 Å². The molecule has 1 aliphatic carbocycles. The maximum atomic E-state index is 11.3. The molecule has 36 heavy (non-hydrogen) atoms. The van der Waals surface area contributed by atoms with E-state index in [1.54, 1.807) is 4.68 Å². The summed E-state index contributed by atoms with van der Waals surface area (Å²) >= 11 is 6.02. The van der Waals surface area contributed by atoms with Crippen LogP contribution in [0.25, 0.3) is 22.0 Å². The number of fused-ring (bicyclic) bond motifs is 4. The number of aromatic nitrogens is 2. The standard InChI is InChI=1S/C31H25ClN2O2/c32-24-12-10-20(11-13-24)26-14-15-34(33-26)18-27(35)28-17-22-6-3-5-21-16-23-9-8-19-4-1-2-7-25(19)30(23)31(36-28)29(21)22/h1-15,27-28,31,35H,16-18H2. The number of nitrogens with zero attached hydrogens (tertiary/aromatic N) is 2. The van der Waals surface area contributed by atoms with Crippen molar-refractivity contribution >= 4 is 22.4 Å². The first-order valence-electron chi connectivity index (χ1n) is 12.4. The van der Waals surface area contributed by atoms with Gasteiger partial charge in [0.25, 0.3) is 0 Å². The second-order valence-corrected chi connectivity index (χ2v) is 10.2. The Bertz CT molecular complexity index is 1590. The van der Waals surface area contributed by atoms with Gasteiger partial charge in [0.1, 0.15) is 12.2 Å². The molecule has 4 aromatic carbocycles. The van der Waals surface area contributed by atoms with E-state index in [0.29, 0.717) is 18.0 Å². The molecule has 3 atom stereocenters. The van der Waals surface area contributed by atoms with Crippen molar-refractivity contribution in [3.63, 3.8) is 0 Å². The molecule has 0 amide bonds. The van der Waals surface area contributed by atoms with Gasteiger partial charge in [-0.05, 0) is 63.2 Å². The minimum atomic E-state index is -0.694. The summed E-state index contributed by atoms with van der Waals surface area (Å²) in [7, 11) is 0. The Morgan fingerprint density at radius 1 is 0.889 bits per heavy atom. The van der Waals surface area contributed by atoms with E-state index in [1.165, 1.54) is 38.6 Å². The quantitative estimate of drug-likeness (QED) is 0.318. The largest absolute Gasteiger partial charge is 0.388 e. The molecule has 0 spiro atoms. The van der Waals surface area contributed by atoms with Crippen LogP contribution < -0.4 is 0 Å². The Balaban J connectivity index is 1.21. The van der Waals surface area contributed by atoms with E-state index in [1.807, 2.05) is 36.5 Å². The van der Waals surface area contributed by atoms with Crippen LogP contribution >= 0.6 is 11.6 Å². The molecule has 0 radical (unpaired) electrons. The van der Waals surface area contributed by atoms with Gasteiger partial charge in [-0.1, -0.05) is 78.3 Å². The Hall–Kier alpha value is -3.44. The van der Waals surface area contributed by atoms with Gasteiger partial charge >= 0.3 is 0 Å². The average Bonchev–Trinajstić information content (AvgIpc) is 3.37. The maximum absolute atomic E-state index is 11.3. The van der Waals surface area contributed by atoms with Crippen LogP contribution in [0.1, 0.15) is 33.9 Å². The summed E-state index contributed by atoms with van der Waals surface area (Å²) in [4.78, 5) is 0. The molecular weight excluding hydrogens is 468 g/mol. The van der Waals surface area contributed by atoms with Gasteiger partial charge < -0.3 is 9.84 Å². The number of halogens is 1. The first-order valence-corrected chi connectivity index (χ1v) is 12.8. The van der Waals surface area contributed by atoms with Crippen LogP contribution in [0.4, 0.5) is 0 Å². The van der Waals surface area contributed by atoms with Crippen LogP contribution in [-0.4, -0.2) is 27.1 Å². The van der Waals surface area contributed by atoms with Gasteiger partial charge in [0.2, 0.25) is 0 Å². The second-order valence-electron chi connectivity index (χ2n) is 9.78. The van der Waals surface area contributed by atoms with E-state index in [0.717, 1.165) is 17.7 Å². The molecule has 1 aliphatic heterocycles. The van der Waals surface area contributed by atoms with Gasteiger partial charge in [-0.2, -0.15) is 5.10 Å². The Morgan fingerprint density at radius 3 is 2.58 bits per heavy atom. The van der Waals surface area contributed by atoms with E-state index in [4.69, 9.17) is 16.3 Å². The summed E-state index contributed by atoms with van der Waals surface area (Å²) in [5.41, 5.74) is 8.28. The minimum absolute atomic E-state index is 0.179. The lowest BCUT2D eigenvalue weighted by molar-refractivity contribution is -0.0798. The predicted molar refractivity (Wildman–Crippen MR) is 142 cm³/mol. The number of hydrogen-bond donors (Lipinski definition) is 1. The van der Waals surface area contributed by atoms with Gasteiger partial charge in [-0.25, -0.2) is 0 Å². The molecule has 0 saturated heterocycles. The molecule has 0 fully saturated rings. The van der Waals surface area contributed by atoms with Crippen molar-refractivity contribution in [3.8, 4) is 11.3 Å². The third-order valence-electron chi connectivity index (χ3n) is 7.57. The van der Waals surface area contributed by atoms with E-state index < -0.39 is 6.10 Å². The van der Waals surface area contributed by atoms with Crippen molar-refractivity contribution < 1.29 is 9.84 Å². The molecule has 2 aliphatic rings. The van der Waals surface area contributed by atoms with Crippen LogP contribution in [0.3, 0.4) is 0 Å². The predicted octanol–water partition coefficient (Wildman–Crippen LogP) is 6.35. The Morgan fingerprint density at radius 2 is 1.69 bits per heavy atom. The van der Waals surface area contributed by atoms with E-state index in [-0.39, 0.29) is 12.2 Å². The first-order chi connectivity index (χ1) is 17.6. The summed E-state index contributed by atoms with van der Waals surface area (Å²) in [6, 6.07) is 29.1. The second kappa shape index (κ2) is 8.59. The normalized spacial score (nSPS) is 19.1. The zero-order valence-corrected chi connectivity index (χ0v) is 20.4. The molecule has 1 aromatic heterocycles. The van der Waals surface area contributed by atoms with Crippen molar-refractivity contribution in [2.24, 2.45) is 0 Å². The highest BCUT2D eigenvalue weighted by atomic mass is 35.5. The molecule has 178 valence electrons. The number of ether oxygens (including phenoxy) is 1. The number of rotatable bonds is 4. The molecule has 1 N–H and O–H groups in total. The van der Waals surface area contributed by atoms with Crippen LogP contribution in [0.5, 0.6) is 0 Å². The fourth-order valence-electron chi connectivity index (χ4n) is 5.84. The molecule has 2 heterocycles. The Kier molecular flexibility index (Phi) is 5.21. The van der Waals surface area contributed by atoms with Crippen LogP contribution in [0.2, 0.25) is 5.02 Å². The summed E-state index contributed by atoms with van der Waals surface area (Å²) < 4.78 is 8.56. The van der Waals surface area contributed by atoms with E-state index in [2.05, 4.69) is 59.7 Å². The van der Waals surface area contributed by atoms with E-state index >= 15 is 0 Å². The van der Waals surface area contributed by atoms with Crippen molar-refractivity contribution in [2.75, 3.05) is 0 Å². The molecule has 5 aromatic rings. The highest BCUT2D eigenvalue weighted by Crippen LogP contribution is 2.46. The average molecular weight is 493 g/mol. The van der Waals surface area contributed by atoms with Gasteiger partial charge in [-0.3, -0.25) is 4.68 Å². The van der Waals surface area contributed by atoms with Crippen molar-refractivity contribution in [1.82, 2.24) is 9.78 Å². The minimum Gasteiger partial charge on any atom is -0.388 e. The molecule has 4 nitrogen and oxygen atoms in total. The summed E-state index contributed by atoms with van der Waals surface area (Å²) in [5, 5.41) is 19.2. The maximum Gasteiger partial charge on any atom is 0.109 e. The highest BCUT2D eigenvalue weighted by Gasteiger charge is 2.38. The molecule has 0 bridgehead atoms.